The molecule has 1 amide bonds. The summed E-state index contributed by atoms with van der Waals surface area (Å²) in [6.07, 6.45) is 0. The first kappa shape index (κ1) is 17.7. The summed E-state index contributed by atoms with van der Waals surface area (Å²) in [5.74, 6) is -0.169. The Labute approximate surface area is 155 Å². The van der Waals surface area contributed by atoms with Crippen LogP contribution in [0.15, 0.2) is 47.8 Å². The molecule has 0 aliphatic rings. The van der Waals surface area contributed by atoms with Gasteiger partial charge in [-0.05, 0) is 43.7 Å². The lowest BCUT2D eigenvalue weighted by atomic mass is 10.2. The molecule has 7 heteroatoms. The number of carbonyl (C=O) groups excluding carboxylic acids is 1. The first-order valence-corrected chi connectivity index (χ1v) is 9.14. The van der Waals surface area contributed by atoms with Gasteiger partial charge in [0.25, 0.3) is 5.91 Å². The van der Waals surface area contributed by atoms with Gasteiger partial charge in [-0.1, -0.05) is 29.8 Å². The maximum Gasteiger partial charge on any atom is 0.270 e. The average Bonchev–Trinajstić information content (AvgIpc) is 3.24. The third-order valence-electron chi connectivity index (χ3n) is 3.64. The van der Waals surface area contributed by atoms with Crippen LogP contribution in [0, 0.1) is 0 Å². The van der Waals surface area contributed by atoms with Gasteiger partial charge >= 0.3 is 0 Å². The topological polar surface area (TPSA) is 50.2 Å². The largest absolute Gasteiger partial charge is 0.349 e. The second kappa shape index (κ2) is 7.82. The monoisotopic (exact) mass is 374 g/mol. The molecule has 0 aliphatic heterocycles. The Morgan fingerprint density at radius 1 is 1.28 bits per heavy atom. The average molecular weight is 375 g/mol. The Balaban J connectivity index is 1.97. The number of nitrogens with one attached hydrogen (secondary N) is 1. The van der Waals surface area contributed by atoms with Gasteiger partial charge in [0.15, 0.2) is 0 Å². The van der Waals surface area contributed by atoms with Gasteiger partial charge in [-0.2, -0.15) is 5.10 Å². The molecule has 0 spiro atoms. The van der Waals surface area contributed by atoms with Crippen LogP contribution in [0.2, 0.25) is 5.02 Å². The van der Waals surface area contributed by atoms with E-state index in [9.17, 15) is 4.79 Å². The third-order valence-corrected chi connectivity index (χ3v) is 4.85. The number of hydrogen-bond acceptors (Lipinski definition) is 4. The molecule has 0 atom stereocenters. The fourth-order valence-electron chi connectivity index (χ4n) is 2.38. The Bertz CT molecular complexity index is 858. The second-order valence-corrected chi connectivity index (χ2v) is 7.17. The van der Waals surface area contributed by atoms with Gasteiger partial charge in [0, 0.05) is 13.1 Å². The highest BCUT2D eigenvalue weighted by Gasteiger charge is 2.19. The molecule has 0 fully saturated rings. The van der Waals surface area contributed by atoms with Crippen molar-refractivity contribution in [2.75, 3.05) is 27.2 Å². The fraction of sp³-hybridized carbons (Fsp3) is 0.222. The fourth-order valence-corrected chi connectivity index (χ4v) is 3.28. The van der Waals surface area contributed by atoms with E-state index in [2.05, 4.69) is 10.4 Å². The Morgan fingerprint density at radius 3 is 2.76 bits per heavy atom. The second-order valence-electron chi connectivity index (χ2n) is 5.81. The molecule has 0 saturated heterocycles. The van der Waals surface area contributed by atoms with Crippen LogP contribution in [0.25, 0.3) is 16.3 Å². The van der Waals surface area contributed by atoms with Crippen LogP contribution in [0.1, 0.15) is 10.5 Å². The van der Waals surface area contributed by atoms with Crippen molar-refractivity contribution < 1.29 is 4.79 Å². The molecule has 3 rings (SSSR count). The summed E-state index contributed by atoms with van der Waals surface area (Å²) < 4.78 is 1.61. The first-order chi connectivity index (χ1) is 12.1. The van der Waals surface area contributed by atoms with Gasteiger partial charge in [0.2, 0.25) is 0 Å². The van der Waals surface area contributed by atoms with Crippen LogP contribution < -0.4 is 5.32 Å². The van der Waals surface area contributed by atoms with Crippen LogP contribution in [0.3, 0.4) is 0 Å². The molecule has 1 aromatic carbocycles. The summed E-state index contributed by atoms with van der Waals surface area (Å²) in [6, 6.07) is 13.1. The predicted molar refractivity (Wildman–Crippen MR) is 103 cm³/mol. The lowest BCUT2D eigenvalue weighted by molar-refractivity contribution is 0.0943. The number of halogens is 1. The molecule has 130 valence electrons. The van der Waals surface area contributed by atoms with Gasteiger partial charge in [0.1, 0.15) is 11.4 Å². The standard InChI is InChI=1S/C18H19ClN4OS/c1-22(2)10-9-20-18(24)16-12-14(17-8-5-11-25-17)21-23(16)15-7-4-3-6-13(15)19/h3-8,11-12H,9-10H2,1-2H3,(H,20,24). The van der Waals surface area contributed by atoms with Crippen molar-refractivity contribution >= 4 is 28.8 Å². The number of thiophene rings is 1. The lowest BCUT2D eigenvalue weighted by Gasteiger charge is -2.12. The molecular weight excluding hydrogens is 356 g/mol. The number of amides is 1. The zero-order valence-corrected chi connectivity index (χ0v) is 15.6. The van der Waals surface area contributed by atoms with E-state index in [1.807, 2.05) is 54.7 Å². The van der Waals surface area contributed by atoms with Crippen LogP contribution >= 0.6 is 22.9 Å². The van der Waals surface area contributed by atoms with Gasteiger partial charge < -0.3 is 10.2 Å². The van der Waals surface area contributed by atoms with Gasteiger partial charge in [-0.15, -0.1) is 11.3 Å². The Kier molecular flexibility index (Phi) is 5.53. The highest BCUT2D eigenvalue weighted by atomic mass is 35.5. The Morgan fingerprint density at radius 2 is 2.08 bits per heavy atom. The number of aromatic nitrogens is 2. The van der Waals surface area contributed by atoms with E-state index in [-0.39, 0.29) is 5.91 Å². The summed E-state index contributed by atoms with van der Waals surface area (Å²) in [4.78, 5) is 15.7. The molecule has 0 radical (unpaired) electrons. The number of rotatable bonds is 6. The van der Waals surface area contributed by atoms with Gasteiger partial charge in [-0.3, -0.25) is 4.79 Å². The van der Waals surface area contributed by atoms with Crippen LogP contribution in [-0.4, -0.2) is 47.8 Å². The predicted octanol–water partition coefficient (Wildman–Crippen LogP) is 3.55. The summed E-state index contributed by atoms with van der Waals surface area (Å²) in [5.41, 5.74) is 1.91. The SMILES string of the molecule is CN(C)CCNC(=O)c1cc(-c2cccs2)nn1-c1ccccc1Cl. The van der Waals surface area contributed by atoms with Crippen molar-refractivity contribution in [3.8, 4) is 16.3 Å². The van der Waals surface area contributed by atoms with E-state index < -0.39 is 0 Å². The van der Waals surface area contributed by atoms with E-state index in [4.69, 9.17) is 11.6 Å². The molecule has 1 N–H and O–H groups in total. The lowest BCUT2D eigenvalue weighted by Crippen LogP contribution is -2.32. The van der Waals surface area contributed by atoms with E-state index in [0.717, 1.165) is 17.1 Å². The van der Waals surface area contributed by atoms with Crippen LogP contribution in [0.5, 0.6) is 0 Å². The molecule has 2 heterocycles. The van der Waals surface area contributed by atoms with E-state index in [0.29, 0.717) is 22.9 Å². The van der Waals surface area contributed by atoms with Crippen LogP contribution in [-0.2, 0) is 0 Å². The van der Waals surface area contributed by atoms with Crippen molar-refractivity contribution in [1.29, 1.82) is 0 Å². The molecule has 0 bridgehead atoms. The smallest absolute Gasteiger partial charge is 0.270 e. The summed E-state index contributed by atoms with van der Waals surface area (Å²) >= 11 is 7.90. The highest BCUT2D eigenvalue weighted by Crippen LogP contribution is 2.28. The summed E-state index contributed by atoms with van der Waals surface area (Å²) in [5, 5.41) is 10.1. The maximum absolute atomic E-state index is 12.7. The first-order valence-electron chi connectivity index (χ1n) is 7.88. The third kappa shape index (κ3) is 4.10. The minimum absolute atomic E-state index is 0.169. The number of carbonyl (C=O) groups is 1. The normalized spacial score (nSPS) is 11.0. The minimum Gasteiger partial charge on any atom is -0.349 e. The van der Waals surface area contributed by atoms with Crippen molar-refractivity contribution in [3.05, 3.63) is 58.6 Å². The van der Waals surface area contributed by atoms with Crippen LogP contribution in [0.4, 0.5) is 0 Å². The molecular formula is C18H19ClN4OS. The highest BCUT2D eigenvalue weighted by molar-refractivity contribution is 7.13. The molecule has 0 saturated carbocycles. The van der Waals surface area contributed by atoms with E-state index in [1.54, 1.807) is 28.2 Å². The minimum atomic E-state index is -0.169. The molecule has 0 aliphatic carbocycles. The van der Waals surface area contributed by atoms with E-state index >= 15 is 0 Å². The number of para-hydroxylation sites is 1. The van der Waals surface area contributed by atoms with E-state index in [1.165, 1.54) is 0 Å². The van der Waals surface area contributed by atoms with Crippen molar-refractivity contribution in [2.45, 2.75) is 0 Å². The van der Waals surface area contributed by atoms with Crippen molar-refractivity contribution in [1.82, 2.24) is 20.0 Å². The van der Waals surface area contributed by atoms with Crippen molar-refractivity contribution in [2.24, 2.45) is 0 Å². The molecule has 5 nitrogen and oxygen atoms in total. The molecule has 25 heavy (non-hydrogen) atoms. The molecule has 2 aromatic heterocycles. The summed E-state index contributed by atoms with van der Waals surface area (Å²) in [7, 11) is 3.93. The van der Waals surface area contributed by atoms with Crippen molar-refractivity contribution in [3.63, 3.8) is 0 Å². The Hall–Kier alpha value is -2.15. The summed E-state index contributed by atoms with van der Waals surface area (Å²) in [6.45, 7) is 1.33. The number of benzene rings is 1. The zero-order chi connectivity index (χ0) is 17.8. The molecule has 0 unspecified atom stereocenters. The number of nitrogens with zero attached hydrogens (tertiary/aromatic N) is 3. The quantitative estimate of drug-likeness (QED) is 0.717. The zero-order valence-electron chi connectivity index (χ0n) is 14.1. The maximum atomic E-state index is 12.7. The number of hydrogen-bond donors (Lipinski definition) is 1. The molecule has 3 aromatic rings. The van der Waals surface area contributed by atoms with Gasteiger partial charge in [-0.25, -0.2) is 4.68 Å². The number of likely N-dealkylation sites (N-methyl/N-ethyl adjacent to an activating group) is 1. The van der Waals surface area contributed by atoms with Gasteiger partial charge in [0.05, 0.1) is 15.6 Å².